The van der Waals surface area contributed by atoms with E-state index in [0.717, 1.165) is 24.4 Å². The summed E-state index contributed by atoms with van der Waals surface area (Å²) in [6.45, 7) is 1.75. The first-order valence-corrected chi connectivity index (χ1v) is 7.73. The Labute approximate surface area is 127 Å². The largest absolute Gasteiger partial charge is 0.389 e. The van der Waals surface area contributed by atoms with Crippen LogP contribution >= 0.6 is 43.6 Å². The van der Waals surface area contributed by atoms with Crippen LogP contribution in [0.5, 0.6) is 0 Å². The third-order valence-corrected chi connectivity index (χ3v) is 4.77. The van der Waals surface area contributed by atoms with Crippen molar-refractivity contribution < 1.29 is 5.11 Å². The van der Waals surface area contributed by atoms with Crippen molar-refractivity contribution >= 4 is 43.6 Å². The Morgan fingerprint density at radius 1 is 1.22 bits per heavy atom. The lowest BCUT2D eigenvalue weighted by Crippen LogP contribution is -1.91. The van der Waals surface area contributed by atoms with Crippen molar-refractivity contribution in [3.05, 3.63) is 51.0 Å². The summed E-state index contributed by atoms with van der Waals surface area (Å²) in [5, 5.41) is 10.4. The molecule has 0 unspecified atom stereocenters. The number of pyridine rings is 1. The minimum absolute atomic E-state index is 0.453. The summed E-state index contributed by atoms with van der Waals surface area (Å²) < 4.78 is 1.94. The molecule has 94 valence electrons. The quantitative estimate of drug-likeness (QED) is 0.818. The Morgan fingerprint density at radius 2 is 2.00 bits per heavy atom. The molecule has 0 aliphatic heterocycles. The lowest BCUT2D eigenvalue weighted by Gasteiger charge is -2.08. The fourth-order valence-electron chi connectivity index (χ4n) is 1.40. The number of aromatic nitrogens is 1. The zero-order valence-electron chi connectivity index (χ0n) is 9.60. The van der Waals surface area contributed by atoms with Crippen LogP contribution in [0.2, 0.25) is 0 Å². The van der Waals surface area contributed by atoms with Gasteiger partial charge >= 0.3 is 0 Å². The predicted molar refractivity (Wildman–Crippen MR) is 80.8 cm³/mol. The van der Waals surface area contributed by atoms with Gasteiger partial charge in [-0.3, -0.25) is 0 Å². The highest BCUT2D eigenvalue weighted by Crippen LogP contribution is 2.34. The zero-order valence-corrected chi connectivity index (χ0v) is 13.6. The Morgan fingerprint density at radius 3 is 2.56 bits per heavy atom. The topological polar surface area (TPSA) is 33.1 Å². The fraction of sp³-hybridized carbons (Fsp3) is 0.154. The molecule has 0 spiro atoms. The molecule has 0 fully saturated rings. The summed E-state index contributed by atoms with van der Waals surface area (Å²) in [6.07, 6.45) is 1.33. The van der Waals surface area contributed by atoms with Gasteiger partial charge in [0.05, 0.1) is 6.10 Å². The van der Waals surface area contributed by atoms with E-state index in [2.05, 4.69) is 36.8 Å². The second-order valence-electron chi connectivity index (χ2n) is 3.78. The van der Waals surface area contributed by atoms with E-state index in [0.29, 0.717) is 0 Å². The Hall–Kier alpha value is -0.360. The monoisotopic (exact) mass is 387 g/mol. The number of hydrogen-bond acceptors (Lipinski definition) is 3. The van der Waals surface area contributed by atoms with E-state index in [1.54, 1.807) is 24.9 Å². The molecule has 1 aromatic heterocycles. The summed E-state index contributed by atoms with van der Waals surface area (Å²) in [4.78, 5) is 5.40. The predicted octanol–water partition coefficient (Wildman–Crippen LogP) is 4.81. The molecule has 2 aromatic rings. The third kappa shape index (κ3) is 3.57. The van der Waals surface area contributed by atoms with Gasteiger partial charge in [-0.15, -0.1) is 0 Å². The highest BCUT2D eigenvalue weighted by Gasteiger charge is 2.07. The molecule has 0 aliphatic rings. The molecule has 5 heteroatoms. The van der Waals surface area contributed by atoms with E-state index in [4.69, 9.17) is 0 Å². The molecule has 2 rings (SSSR count). The molecule has 0 saturated carbocycles. The normalized spacial score (nSPS) is 12.4. The minimum Gasteiger partial charge on any atom is -0.389 e. The van der Waals surface area contributed by atoms with E-state index in [1.807, 2.05) is 30.3 Å². The van der Waals surface area contributed by atoms with E-state index in [1.165, 1.54) is 0 Å². The van der Waals surface area contributed by atoms with Crippen LogP contribution in [0.1, 0.15) is 18.6 Å². The molecule has 0 bridgehead atoms. The molecule has 0 radical (unpaired) electrons. The molecular weight excluding hydrogens is 378 g/mol. The van der Waals surface area contributed by atoms with Crippen LogP contribution in [0.15, 0.2) is 55.4 Å². The molecule has 1 aromatic carbocycles. The van der Waals surface area contributed by atoms with Gasteiger partial charge in [-0.2, -0.15) is 0 Å². The summed E-state index contributed by atoms with van der Waals surface area (Å²) in [6, 6.07) is 9.78. The van der Waals surface area contributed by atoms with E-state index in [-0.39, 0.29) is 0 Å². The summed E-state index contributed by atoms with van der Waals surface area (Å²) in [5.41, 5.74) is 0.898. The Kier molecular flexibility index (Phi) is 4.84. The van der Waals surface area contributed by atoms with Crippen LogP contribution < -0.4 is 0 Å². The van der Waals surface area contributed by atoms with Gasteiger partial charge in [-0.1, -0.05) is 17.8 Å². The van der Waals surface area contributed by atoms with E-state index < -0.39 is 6.10 Å². The molecular formula is C13H11Br2NOS. The maximum Gasteiger partial charge on any atom is 0.101 e. The second kappa shape index (κ2) is 6.19. The van der Waals surface area contributed by atoms with Crippen molar-refractivity contribution in [2.24, 2.45) is 0 Å². The van der Waals surface area contributed by atoms with Gasteiger partial charge in [-0.05, 0) is 68.6 Å². The number of hydrogen-bond donors (Lipinski definition) is 1. The van der Waals surface area contributed by atoms with Gasteiger partial charge in [0.25, 0.3) is 0 Å². The lowest BCUT2D eigenvalue weighted by molar-refractivity contribution is 0.199. The molecule has 2 nitrogen and oxygen atoms in total. The molecule has 0 aliphatic carbocycles. The molecule has 0 saturated heterocycles. The number of benzene rings is 1. The third-order valence-electron chi connectivity index (χ3n) is 2.35. The molecule has 18 heavy (non-hydrogen) atoms. The molecule has 1 heterocycles. The van der Waals surface area contributed by atoms with Crippen molar-refractivity contribution in [3.63, 3.8) is 0 Å². The molecule has 1 atom stereocenters. The van der Waals surface area contributed by atoms with Gasteiger partial charge in [0.2, 0.25) is 0 Å². The summed E-state index contributed by atoms with van der Waals surface area (Å²) >= 11 is 8.46. The van der Waals surface area contributed by atoms with Gasteiger partial charge < -0.3 is 5.11 Å². The SMILES string of the molecule is C[C@@H](O)c1ccc(Sc2ccc(Br)cn2)c(Br)c1. The average Bonchev–Trinajstić information content (AvgIpc) is 2.34. The van der Waals surface area contributed by atoms with E-state index in [9.17, 15) is 5.11 Å². The average molecular weight is 389 g/mol. The minimum atomic E-state index is -0.453. The smallest absolute Gasteiger partial charge is 0.101 e. The van der Waals surface area contributed by atoms with Crippen LogP contribution in [-0.2, 0) is 0 Å². The first-order chi connectivity index (χ1) is 8.56. The summed E-state index contributed by atoms with van der Waals surface area (Å²) in [7, 11) is 0. The Bertz CT molecular complexity index is 543. The Balaban J connectivity index is 2.22. The van der Waals surface area contributed by atoms with Gasteiger partial charge in [-0.25, -0.2) is 4.98 Å². The highest BCUT2D eigenvalue weighted by atomic mass is 79.9. The first-order valence-electron chi connectivity index (χ1n) is 5.33. The fourth-order valence-corrected chi connectivity index (χ4v) is 3.03. The van der Waals surface area contributed by atoms with Crippen molar-refractivity contribution in [1.82, 2.24) is 4.98 Å². The number of halogens is 2. The number of aliphatic hydroxyl groups excluding tert-OH is 1. The van der Waals surface area contributed by atoms with Crippen molar-refractivity contribution in [3.8, 4) is 0 Å². The maximum absolute atomic E-state index is 9.51. The van der Waals surface area contributed by atoms with Crippen LogP contribution in [0, 0.1) is 0 Å². The summed E-state index contributed by atoms with van der Waals surface area (Å²) in [5.74, 6) is 0. The standard InChI is InChI=1S/C13H11Br2NOS/c1-8(17)9-2-4-12(11(15)6-9)18-13-5-3-10(14)7-16-13/h2-8,17H,1H3/t8-/m1/s1. The van der Waals surface area contributed by atoms with E-state index >= 15 is 0 Å². The van der Waals surface area contributed by atoms with Crippen LogP contribution in [0.25, 0.3) is 0 Å². The van der Waals surface area contributed by atoms with Crippen LogP contribution in [-0.4, -0.2) is 10.1 Å². The lowest BCUT2D eigenvalue weighted by atomic mass is 10.1. The molecule has 0 amide bonds. The van der Waals surface area contributed by atoms with Crippen molar-refractivity contribution in [1.29, 1.82) is 0 Å². The van der Waals surface area contributed by atoms with Gasteiger partial charge in [0.1, 0.15) is 5.03 Å². The van der Waals surface area contributed by atoms with Crippen LogP contribution in [0.4, 0.5) is 0 Å². The maximum atomic E-state index is 9.51. The highest BCUT2D eigenvalue weighted by molar-refractivity contribution is 9.10. The van der Waals surface area contributed by atoms with Gasteiger partial charge in [0.15, 0.2) is 0 Å². The van der Waals surface area contributed by atoms with Crippen LogP contribution in [0.3, 0.4) is 0 Å². The molecule has 1 N–H and O–H groups in total. The number of nitrogens with zero attached hydrogens (tertiary/aromatic N) is 1. The van der Waals surface area contributed by atoms with Gasteiger partial charge in [0, 0.05) is 20.0 Å². The zero-order chi connectivity index (χ0) is 13.1. The van der Waals surface area contributed by atoms with Crippen molar-refractivity contribution in [2.45, 2.75) is 22.9 Å². The first kappa shape index (κ1) is 14.1. The van der Waals surface area contributed by atoms with Crippen molar-refractivity contribution in [2.75, 3.05) is 0 Å². The second-order valence-corrected chi connectivity index (χ2v) is 6.61. The number of rotatable bonds is 3. The number of aliphatic hydroxyl groups is 1.